The van der Waals surface area contributed by atoms with Gasteiger partial charge in [0.15, 0.2) is 0 Å². The molecule has 0 aromatic carbocycles. The molecule has 0 saturated carbocycles. The first-order chi connectivity index (χ1) is 4.22. The number of nitrogens with zero attached hydrogens (tertiary/aromatic N) is 1. The second-order valence-corrected chi connectivity index (χ2v) is 1.82. The Kier molecular flexibility index (Phi) is 4.05. The van der Waals surface area contributed by atoms with E-state index in [-0.39, 0.29) is 0 Å². The number of aliphatic hydroxyl groups excluding tert-OH is 1. The summed E-state index contributed by atoms with van der Waals surface area (Å²) < 4.78 is 0. The van der Waals surface area contributed by atoms with E-state index in [1.165, 1.54) is 0 Å². The lowest BCUT2D eigenvalue weighted by molar-refractivity contribution is 0.257. The number of aliphatic imine (C=N–C) groups is 1. The van der Waals surface area contributed by atoms with E-state index < -0.39 is 6.10 Å². The summed E-state index contributed by atoms with van der Waals surface area (Å²) in [7, 11) is 1.66. The van der Waals surface area contributed by atoms with Crippen LogP contribution in [0.5, 0.6) is 0 Å². The molecule has 0 heterocycles. The van der Waals surface area contributed by atoms with Gasteiger partial charge >= 0.3 is 0 Å². The highest BCUT2D eigenvalue weighted by Crippen LogP contribution is 1.81. The minimum atomic E-state index is -0.477. The van der Waals surface area contributed by atoms with Crippen molar-refractivity contribution in [2.24, 2.45) is 4.99 Å². The Morgan fingerprint density at radius 2 is 2.33 bits per heavy atom. The molecule has 0 radical (unpaired) electrons. The van der Waals surface area contributed by atoms with Gasteiger partial charge in [0.2, 0.25) is 0 Å². The molecule has 0 aliphatic rings. The van der Waals surface area contributed by atoms with Crippen LogP contribution in [-0.4, -0.2) is 30.6 Å². The first-order valence-corrected chi connectivity index (χ1v) is 3.11. The Balaban J connectivity index is 3.70. The predicted octanol–water partition coefficient (Wildman–Crippen LogP) is 0.00500. The van der Waals surface area contributed by atoms with Crippen LogP contribution in [0.3, 0.4) is 0 Å². The number of rotatable bonds is 2. The lowest BCUT2D eigenvalue weighted by atomic mass is 10.3. The molecule has 0 aliphatic carbocycles. The third-order valence-electron chi connectivity index (χ3n) is 0.995. The van der Waals surface area contributed by atoms with Crippen LogP contribution in [0, 0.1) is 0 Å². The van der Waals surface area contributed by atoms with Crippen LogP contribution in [0.2, 0.25) is 0 Å². The summed E-state index contributed by atoms with van der Waals surface area (Å²) in [4.78, 5) is 3.83. The summed E-state index contributed by atoms with van der Waals surface area (Å²) in [5.41, 5.74) is 0. The van der Waals surface area contributed by atoms with Gasteiger partial charge in [0.05, 0.1) is 0 Å². The maximum atomic E-state index is 8.95. The van der Waals surface area contributed by atoms with Crippen LogP contribution in [0.1, 0.15) is 13.8 Å². The monoisotopic (exact) mass is 130 g/mol. The SMILES string of the molecule is CCNC(=NC)C(C)O. The van der Waals surface area contributed by atoms with Gasteiger partial charge < -0.3 is 10.4 Å². The number of aliphatic hydroxyl groups is 1. The van der Waals surface area contributed by atoms with Crippen LogP contribution in [0.15, 0.2) is 4.99 Å². The number of nitrogens with one attached hydrogen (secondary N) is 1. The summed E-state index contributed by atoms with van der Waals surface area (Å²) in [6.07, 6.45) is -0.477. The molecule has 0 aliphatic heterocycles. The third kappa shape index (κ3) is 3.08. The second kappa shape index (κ2) is 4.32. The van der Waals surface area contributed by atoms with Crippen molar-refractivity contribution >= 4 is 5.84 Å². The molecule has 2 N–H and O–H groups in total. The summed E-state index contributed by atoms with van der Waals surface area (Å²) in [5, 5.41) is 11.9. The maximum Gasteiger partial charge on any atom is 0.125 e. The zero-order chi connectivity index (χ0) is 7.28. The van der Waals surface area contributed by atoms with Crippen molar-refractivity contribution < 1.29 is 5.11 Å². The van der Waals surface area contributed by atoms with E-state index in [2.05, 4.69) is 10.3 Å². The summed E-state index contributed by atoms with van der Waals surface area (Å²) in [5.74, 6) is 0.650. The molecule has 0 spiro atoms. The van der Waals surface area contributed by atoms with Gasteiger partial charge in [-0.25, -0.2) is 0 Å². The molecule has 1 unspecified atom stereocenters. The molecule has 0 aromatic heterocycles. The lowest BCUT2D eigenvalue weighted by Gasteiger charge is -2.08. The highest BCUT2D eigenvalue weighted by Gasteiger charge is 2.01. The first-order valence-electron chi connectivity index (χ1n) is 3.11. The molecule has 3 nitrogen and oxygen atoms in total. The molecule has 0 fully saturated rings. The molecule has 1 atom stereocenters. The van der Waals surface area contributed by atoms with Crippen molar-refractivity contribution in [2.45, 2.75) is 20.0 Å². The largest absolute Gasteiger partial charge is 0.386 e. The second-order valence-electron chi connectivity index (χ2n) is 1.82. The lowest BCUT2D eigenvalue weighted by Crippen LogP contribution is -2.32. The number of amidine groups is 1. The minimum Gasteiger partial charge on any atom is -0.386 e. The minimum absolute atomic E-state index is 0.477. The van der Waals surface area contributed by atoms with Crippen molar-refractivity contribution in [2.75, 3.05) is 13.6 Å². The molecule has 0 bridgehead atoms. The number of likely N-dealkylation sites (N-methyl/N-ethyl adjacent to an activating group) is 1. The zero-order valence-corrected chi connectivity index (χ0v) is 6.18. The van der Waals surface area contributed by atoms with E-state index in [1.807, 2.05) is 6.92 Å². The molecule has 0 aromatic rings. The van der Waals surface area contributed by atoms with Gasteiger partial charge in [-0.15, -0.1) is 0 Å². The van der Waals surface area contributed by atoms with Gasteiger partial charge in [0.1, 0.15) is 11.9 Å². The molecule has 3 heteroatoms. The molecule has 0 saturated heterocycles. The summed E-state index contributed by atoms with van der Waals surface area (Å²) >= 11 is 0. The summed E-state index contributed by atoms with van der Waals surface area (Å²) in [6.45, 7) is 4.45. The van der Waals surface area contributed by atoms with Crippen molar-refractivity contribution in [3.63, 3.8) is 0 Å². The topological polar surface area (TPSA) is 44.6 Å². The number of hydrogen-bond acceptors (Lipinski definition) is 2. The van der Waals surface area contributed by atoms with Gasteiger partial charge in [-0.3, -0.25) is 4.99 Å². The standard InChI is InChI=1S/C6H14N2O/c1-4-8-6(7-3)5(2)9/h5,9H,4H2,1-3H3,(H,7,8). The predicted molar refractivity (Wildman–Crippen MR) is 38.7 cm³/mol. The van der Waals surface area contributed by atoms with Gasteiger partial charge in [-0.05, 0) is 13.8 Å². The zero-order valence-electron chi connectivity index (χ0n) is 6.18. The molecular weight excluding hydrogens is 116 g/mol. The molecule has 0 amide bonds. The van der Waals surface area contributed by atoms with E-state index in [4.69, 9.17) is 5.11 Å². The highest BCUT2D eigenvalue weighted by atomic mass is 16.3. The summed E-state index contributed by atoms with van der Waals surface area (Å²) in [6, 6.07) is 0. The highest BCUT2D eigenvalue weighted by molar-refractivity contribution is 5.85. The van der Waals surface area contributed by atoms with Gasteiger partial charge in [0.25, 0.3) is 0 Å². The van der Waals surface area contributed by atoms with Crippen LogP contribution in [0.25, 0.3) is 0 Å². The molecular formula is C6H14N2O. The molecule has 9 heavy (non-hydrogen) atoms. The molecule has 54 valence electrons. The van der Waals surface area contributed by atoms with E-state index >= 15 is 0 Å². The van der Waals surface area contributed by atoms with Crippen molar-refractivity contribution in [3.05, 3.63) is 0 Å². The number of hydrogen-bond donors (Lipinski definition) is 2. The molecule has 0 rings (SSSR count). The van der Waals surface area contributed by atoms with Gasteiger partial charge in [-0.2, -0.15) is 0 Å². The maximum absolute atomic E-state index is 8.95. The average molecular weight is 130 g/mol. The Bertz CT molecular complexity index is 99.2. The fourth-order valence-electron chi connectivity index (χ4n) is 0.595. The Morgan fingerprint density at radius 1 is 1.78 bits per heavy atom. The fourth-order valence-corrected chi connectivity index (χ4v) is 0.595. The van der Waals surface area contributed by atoms with E-state index in [0.717, 1.165) is 6.54 Å². The normalized spacial score (nSPS) is 15.3. The van der Waals surface area contributed by atoms with Gasteiger partial charge in [-0.1, -0.05) is 0 Å². The van der Waals surface area contributed by atoms with Crippen molar-refractivity contribution in [3.8, 4) is 0 Å². The Hall–Kier alpha value is -0.570. The Labute approximate surface area is 55.8 Å². The quantitative estimate of drug-likeness (QED) is 0.408. The Morgan fingerprint density at radius 3 is 2.44 bits per heavy atom. The first kappa shape index (κ1) is 8.43. The van der Waals surface area contributed by atoms with Crippen molar-refractivity contribution in [1.29, 1.82) is 0 Å². The van der Waals surface area contributed by atoms with Crippen LogP contribution >= 0.6 is 0 Å². The average Bonchev–Trinajstić information content (AvgIpc) is 1.82. The van der Waals surface area contributed by atoms with E-state index in [9.17, 15) is 0 Å². The van der Waals surface area contributed by atoms with E-state index in [1.54, 1.807) is 14.0 Å². The van der Waals surface area contributed by atoms with Gasteiger partial charge in [0, 0.05) is 13.6 Å². The van der Waals surface area contributed by atoms with Crippen LogP contribution < -0.4 is 5.32 Å². The fraction of sp³-hybridized carbons (Fsp3) is 0.833. The van der Waals surface area contributed by atoms with E-state index in [0.29, 0.717) is 5.84 Å². The smallest absolute Gasteiger partial charge is 0.125 e. The third-order valence-corrected chi connectivity index (χ3v) is 0.995. The van der Waals surface area contributed by atoms with Crippen LogP contribution in [0.4, 0.5) is 0 Å². The van der Waals surface area contributed by atoms with Crippen molar-refractivity contribution in [1.82, 2.24) is 5.32 Å². The van der Waals surface area contributed by atoms with Crippen LogP contribution in [-0.2, 0) is 0 Å².